The van der Waals surface area contributed by atoms with E-state index in [9.17, 15) is 9.90 Å². The highest BCUT2D eigenvalue weighted by Gasteiger charge is 2.16. The Balaban J connectivity index is 2.05. The van der Waals surface area contributed by atoms with Gasteiger partial charge in [0.1, 0.15) is 11.4 Å². The van der Waals surface area contributed by atoms with Crippen LogP contribution in [0.1, 0.15) is 55.9 Å². The van der Waals surface area contributed by atoms with Crippen LogP contribution in [0.15, 0.2) is 30.3 Å². The van der Waals surface area contributed by atoms with Crippen LogP contribution in [0.4, 0.5) is 0 Å². The Hall–Kier alpha value is -2.33. The van der Waals surface area contributed by atoms with E-state index in [1.807, 2.05) is 52.0 Å². The number of hydrogen-bond donors (Lipinski definition) is 1. The Labute approximate surface area is 168 Å². The van der Waals surface area contributed by atoms with E-state index in [2.05, 4.69) is 19.9 Å². The van der Waals surface area contributed by atoms with Crippen LogP contribution in [-0.4, -0.2) is 23.3 Å². The van der Waals surface area contributed by atoms with Crippen molar-refractivity contribution in [3.63, 3.8) is 0 Å². The van der Waals surface area contributed by atoms with Gasteiger partial charge in [0.25, 0.3) is 0 Å². The van der Waals surface area contributed by atoms with E-state index in [1.165, 1.54) is 5.56 Å². The van der Waals surface area contributed by atoms with Crippen LogP contribution in [-0.2, 0) is 16.1 Å². The van der Waals surface area contributed by atoms with Gasteiger partial charge in [0, 0.05) is 6.42 Å². The average molecular weight is 385 g/mol. The zero-order chi connectivity index (χ0) is 20.9. The topological polar surface area (TPSA) is 55.8 Å². The maximum atomic E-state index is 11.8. The molecule has 0 heterocycles. The molecule has 1 N–H and O–H groups in total. The number of aryl methyl sites for hydroxylation is 2. The fraction of sp³-hybridized carbons (Fsp3) is 0.458. The number of aliphatic hydroxyl groups is 1. The monoisotopic (exact) mass is 384 g/mol. The Morgan fingerprint density at radius 3 is 2.29 bits per heavy atom. The van der Waals surface area contributed by atoms with Crippen LogP contribution in [0.2, 0.25) is 0 Å². The minimum atomic E-state index is -0.451. The van der Waals surface area contributed by atoms with Crippen molar-refractivity contribution in [1.29, 1.82) is 0 Å². The van der Waals surface area contributed by atoms with Crippen molar-refractivity contribution >= 4 is 5.97 Å². The van der Waals surface area contributed by atoms with Gasteiger partial charge in [-0.15, -0.1) is 0 Å². The Bertz CT molecular complexity index is 808. The molecule has 0 aliphatic heterocycles. The third-order valence-corrected chi connectivity index (χ3v) is 4.61. The molecule has 0 spiro atoms. The number of carbonyl (C=O) groups is 1. The lowest BCUT2D eigenvalue weighted by Gasteiger charge is -2.19. The van der Waals surface area contributed by atoms with Crippen LogP contribution < -0.4 is 4.74 Å². The first-order valence-electron chi connectivity index (χ1n) is 9.78. The molecule has 2 aromatic rings. The standard InChI is InChI=1S/C24H32O4/c1-16-13-20(27-12-8-11-22(26)28-24(4,5)6)14-17(2)23(16)21-10-7-9-19(15-25)18(21)3/h7,9-10,13-14,25H,8,11-12,15H2,1-6H3. The van der Waals surface area contributed by atoms with Gasteiger partial charge in [-0.2, -0.15) is 0 Å². The first-order valence-corrected chi connectivity index (χ1v) is 9.78. The molecule has 0 saturated heterocycles. The molecule has 4 heteroatoms. The number of benzene rings is 2. The summed E-state index contributed by atoms with van der Waals surface area (Å²) in [6.07, 6.45) is 0.965. The van der Waals surface area contributed by atoms with Gasteiger partial charge in [0.05, 0.1) is 13.2 Å². The van der Waals surface area contributed by atoms with Crippen LogP contribution >= 0.6 is 0 Å². The molecule has 0 unspecified atom stereocenters. The molecule has 0 aliphatic rings. The molecule has 4 nitrogen and oxygen atoms in total. The summed E-state index contributed by atoms with van der Waals surface area (Å²) in [5.74, 6) is 0.608. The van der Waals surface area contributed by atoms with Crippen molar-refractivity contribution in [1.82, 2.24) is 0 Å². The lowest BCUT2D eigenvalue weighted by Crippen LogP contribution is -2.23. The molecule has 0 aliphatic carbocycles. The molecule has 2 aromatic carbocycles. The van der Waals surface area contributed by atoms with Gasteiger partial charge in [-0.05, 0) is 93.5 Å². The van der Waals surface area contributed by atoms with Crippen molar-refractivity contribution < 1.29 is 19.4 Å². The van der Waals surface area contributed by atoms with Gasteiger partial charge in [0.15, 0.2) is 0 Å². The molecule has 152 valence electrons. The third-order valence-electron chi connectivity index (χ3n) is 4.61. The second-order valence-electron chi connectivity index (χ2n) is 8.22. The number of esters is 1. The van der Waals surface area contributed by atoms with Crippen LogP contribution in [0.5, 0.6) is 5.75 Å². The normalized spacial score (nSPS) is 11.4. The second kappa shape index (κ2) is 9.24. The maximum absolute atomic E-state index is 11.8. The molecule has 28 heavy (non-hydrogen) atoms. The van der Waals surface area contributed by atoms with Crippen molar-refractivity contribution in [3.05, 3.63) is 52.6 Å². The molecule has 0 aromatic heterocycles. The number of aliphatic hydroxyl groups excluding tert-OH is 1. The quantitative estimate of drug-likeness (QED) is 0.522. The maximum Gasteiger partial charge on any atom is 0.306 e. The largest absolute Gasteiger partial charge is 0.494 e. The van der Waals surface area contributed by atoms with Crippen molar-refractivity contribution in [2.75, 3.05) is 6.61 Å². The van der Waals surface area contributed by atoms with Crippen molar-refractivity contribution in [2.45, 2.75) is 66.6 Å². The van der Waals surface area contributed by atoms with Crippen LogP contribution in [0.3, 0.4) is 0 Å². The SMILES string of the molecule is Cc1cc(OCCCC(=O)OC(C)(C)C)cc(C)c1-c1cccc(CO)c1C. The highest BCUT2D eigenvalue weighted by Crippen LogP contribution is 2.34. The Morgan fingerprint density at radius 2 is 1.71 bits per heavy atom. The lowest BCUT2D eigenvalue weighted by molar-refractivity contribution is -0.155. The van der Waals surface area contributed by atoms with E-state index in [4.69, 9.17) is 9.47 Å². The summed E-state index contributed by atoms with van der Waals surface area (Å²) in [5, 5.41) is 9.54. The first kappa shape index (κ1) is 22.0. The van der Waals surface area contributed by atoms with Crippen molar-refractivity contribution in [2.24, 2.45) is 0 Å². The van der Waals surface area contributed by atoms with E-state index in [1.54, 1.807) is 0 Å². The number of ether oxygens (including phenoxy) is 2. The first-order chi connectivity index (χ1) is 13.1. The van der Waals surface area contributed by atoms with Gasteiger partial charge >= 0.3 is 5.97 Å². The van der Waals surface area contributed by atoms with Gasteiger partial charge < -0.3 is 14.6 Å². The molecule has 0 radical (unpaired) electrons. The minimum Gasteiger partial charge on any atom is -0.494 e. The van der Waals surface area contributed by atoms with Crippen molar-refractivity contribution in [3.8, 4) is 16.9 Å². The molecule has 0 fully saturated rings. The fourth-order valence-corrected chi connectivity index (χ4v) is 3.36. The number of rotatable bonds is 7. The summed E-state index contributed by atoms with van der Waals surface area (Å²) in [6.45, 7) is 12.3. The molecule has 2 rings (SSSR count). The summed E-state index contributed by atoms with van der Waals surface area (Å²) in [5.41, 5.74) is 6.15. The van der Waals surface area contributed by atoms with E-state index in [0.717, 1.165) is 33.6 Å². The molecule has 0 atom stereocenters. The van der Waals surface area contributed by atoms with E-state index in [0.29, 0.717) is 19.4 Å². The number of hydrogen-bond acceptors (Lipinski definition) is 4. The zero-order valence-corrected chi connectivity index (χ0v) is 17.9. The summed E-state index contributed by atoms with van der Waals surface area (Å²) in [4.78, 5) is 11.8. The Kier molecular flexibility index (Phi) is 7.25. The summed E-state index contributed by atoms with van der Waals surface area (Å²) in [7, 11) is 0. The molecule has 0 saturated carbocycles. The Morgan fingerprint density at radius 1 is 1.07 bits per heavy atom. The molecule has 0 amide bonds. The predicted octanol–water partition coefficient (Wildman–Crippen LogP) is 5.27. The molecule has 0 bridgehead atoms. The number of carbonyl (C=O) groups excluding carboxylic acids is 1. The minimum absolute atomic E-state index is 0.0383. The van der Waals surface area contributed by atoms with E-state index >= 15 is 0 Å². The molecular formula is C24H32O4. The van der Waals surface area contributed by atoms with Gasteiger partial charge in [-0.25, -0.2) is 0 Å². The van der Waals surface area contributed by atoms with Gasteiger partial charge in [0.2, 0.25) is 0 Å². The summed E-state index contributed by atoms with van der Waals surface area (Å²) >= 11 is 0. The van der Waals surface area contributed by atoms with Crippen LogP contribution in [0, 0.1) is 20.8 Å². The summed E-state index contributed by atoms with van der Waals surface area (Å²) in [6, 6.07) is 10.1. The van der Waals surface area contributed by atoms with E-state index in [-0.39, 0.29) is 12.6 Å². The van der Waals surface area contributed by atoms with Gasteiger partial charge in [-0.1, -0.05) is 18.2 Å². The smallest absolute Gasteiger partial charge is 0.306 e. The molecular weight excluding hydrogens is 352 g/mol. The van der Waals surface area contributed by atoms with Crippen LogP contribution in [0.25, 0.3) is 11.1 Å². The van der Waals surface area contributed by atoms with Gasteiger partial charge in [-0.3, -0.25) is 4.79 Å². The average Bonchev–Trinajstić information content (AvgIpc) is 2.58. The predicted molar refractivity (Wildman–Crippen MR) is 113 cm³/mol. The third kappa shape index (κ3) is 5.83. The lowest BCUT2D eigenvalue weighted by atomic mass is 9.90. The van der Waals surface area contributed by atoms with E-state index < -0.39 is 5.60 Å². The highest BCUT2D eigenvalue weighted by molar-refractivity contribution is 5.75. The highest BCUT2D eigenvalue weighted by atomic mass is 16.6. The zero-order valence-electron chi connectivity index (χ0n) is 17.9. The summed E-state index contributed by atoms with van der Waals surface area (Å²) < 4.78 is 11.2. The fourth-order valence-electron chi connectivity index (χ4n) is 3.36. The second-order valence-corrected chi connectivity index (χ2v) is 8.22.